The predicted octanol–water partition coefficient (Wildman–Crippen LogP) is 3.59. The molecule has 0 saturated heterocycles. The molecule has 3 aromatic rings. The first-order chi connectivity index (χ1) is 13.7. The molecule has 1 aromatic heterocycles. The topological polar surface area (TPSA) is 99.3 Å². The van der Waals surface area contributed by atoms with E-state index in [2.05, 4.69) is 20.5 Å². The number of hydrogen-bond acceptors (Lipinski definition) is 6. The lowest BCUT2D eigenvalue weighted by Crippen LogP contribution is -2.20. The van der Waals surface area contributed by atoms with Crippen LogP contribution in [0.2, 0.25) is 0 Å². The molecule has 0 aliphatic rings. The first kappa shape index (κ1) is 18.9. The van der Waals surface area contributed by atoms with Crippen LogP contribution in [0.25, 0.3) is 0 Å². The second-order valence-electron chi connectivity index (χ2n) is 5.72. The van der Waals surface area contributed by atoms with E-state index in [4.69, 9.17) is 4.74 Å². The van der Waals surface area contributed by atoms with Gasteiger partial charge in [-0.15, -0.1) is 0 Å². The van der Waals surface area contributed by atoms with Crippen molar-refractivity contribution >= 4 is 17.7 Å². The van der Waals surface area contributed by atoms with E-state index in [-0.39, 0.29) is 11.5 Å². The lowest BCUT2D eigenvalue weighted by molar-refractivity contribution is 0.340. The number of pyridine rings is 1. The van der Waals surface area contributed by atoms with Crippen LogP contribution in [0.15, 0.2) is 77.0 Å². The minimum Gasteiger partial charge on any atom is -0.508 e. The maximum atomic E-state index is 9.85. The monoisotopic (exact) mass is 376 g/mol. The molecule has 0 radical (unpaired) electrons. The first-order valence-corrected chi connectivity index (χ1v) is 8.69. The summed E-state index contributed by atoms with van der Waals surface area (Å²) in [5.41, 5.74) is 4.64. The number of aromatic nitrogens is 1. The third kappa shape index (κ3) is 5.07. The Hall–Kier alpha value is -3.87. The molecule has 28 heavy (non-hydrogen) atoms. The van der Waals surface area contributed by atoms with Gasteiger partial charge >= 0.3 is 0 Å². The average Bonchev–Trinajstić information content (AvgIpc) is 2.71. The fraction of sp³-hybridized carbons (Fsp3) is 0.0952. The van der Waals surface area contributed by atoms with E-state index >= 15 is 0 Å². The van der Waals surface area contributed by atoms with Crippen molar-refractivity contribution in [3.05, 3.63) is 78.1 Å². The van der Waals surface area contributed by atoms with Gasteiger partial charge in [-0.1, -0.05) is 6.07 Å². The summed E-state index contributed by atoms with van der Waals surface area (Å²) in [5, 5.41) is 23.3. The van der Waals surface area contributed by atoms with Crippen LogP contribution >= 0.6 is 0 Å². The molecule has 2 aromatic carbocycles. The molecule has 0 spiro atoms. The molecule has 3 N–H and O–H groups in total. The highest BCUT2D eigenvalue weighted by atomic mass is 16.5. The third-order valence-corrected chi connectivity index (χ3v) is 3.68. The highest BCUT2D eigenvalue weighted by Gasteiger charge is 2.05. The zero-order chi connectivity index (χ0) is 19.8. The lowest BCUT2D eigenvalue weighted by atomic mass is 10.2. The van der Waals surface area contributed by atoms with Gasteiger partial charge in [-0.2, -0.15) is 5.10 Å². The van der Waals surface area contributed by atoms with E-state index in [1.54, 1.807) is 12.3 Å². The Balaban J connectivity index is 1.84. The molecule has 1 heterocycles. The van der Waals surface area contributed by atoms with Gasteiger partial charge in [-0.25, -0.2) is 4.99 Å². The maximum Gasteiger partial charge on any atom is 0.172 e. The third-order valence-electron chi connectivity index (χ3n) is 3.68. The van der Waals surface area contributed by atoms with Gasteiger partial charge in [0.1, 0.15) is 22.9 Å². The molecular formula is C21H20N4O3. The Morgan fingerprint density at radius 1 is 1.11 bits per heavy atom. The summed E-state index contributed by atoms with van der Waals surface area (Å²) in [4.78, 5) is 8.87. The largest absolute Gasteiger partial charge is 0.508 e. The number of hydrogen-bond donors (Lipinski definition) is 3. The zero-order valence-electron chi connectivity index (χ0n) is 15.3. The Morgan fingerprint density at radius 3 is 2.61 bits per heavy atom. The van der Waals surface area contributed by atoms with Crippen LogP contribution in [0, 0.1) is 0 Å². The van der Waals surface area contributed by atoms with Gasteiger partial charge in [0.25, 0.3) is 0 Å². The molecular weight excluding hydrogens is 356 g/mol. The van der Waals surface area contributed by atoms with Crippen molar-refractivity contribution in [3.63, 3.8) is 0 Å². The van der Waals surface area contributed by atoms with E-state index in [0.717, 1.165) is 5.75 Å². The van der Waals surface area contributed by atoms with Crippen LogP contribution in [0.5, 0.6) is 17.2 Å². The fourth-order valence-electron chi connectivity index (χ4n) is 2.36. The standard InChI is InChI=1S/C21H20N4O3/c1-2-28-18-10-7-16(8-11-18)24-21(19-5-3-4-12-22-19)25-23-14-15-6-9-17(26)13-20(15)27/h3-14,26-27H,2H2,1H3,(H,24,25)/b23-14+. The Labute approximate surface area is 162 Å². The summed E-state index contributed by atoms with van der Waals surface area (Å²) in [6, 6.07) is 17.1. The van der Waals surface area contributed by atoms with Gasteiger partial charge in [0.15, 0.2) is 5.84 Å². The van der Waals surface area contributed by atoms with Crippen LogP contribution in [0.1, 0.15) is 18.2 Å². The molecule has 0 saturated carbocycles. The van der Waals surface area contributed by atoms with Gasteiger partial charge in [-0.05, 0) is 55.5 Å². The van der Waals surface area contributed by atoms with Gasteiger partial charge in [0.2, 0.25) is 0 Å². The SMILES string of the molecule is CCOc1ccc(N=C(N/N=C/c2ccc(O)cc2O)c2ccccn2)cc1. The Bertz CT molecular complexity index is 971. The number of nitrogens with one attached hydrogen (secondary N) is 1. The molecule has 3 rings (SSSR count). The number of nitrogens with zero attached hydrogens (tertiary/aromatic N) is 3. The van der Waals surface area contributed by atoms with Gasteiger partial charge in [-0.3, -0.25) is 10.4 Å². The van der Waals surface area contributed by atoms with E-state index in [0.29, 0.717) is 29.4 Å². The molecule has 7 heteroatoms. The molecule has 0 atom stereocenters. The van der Waals surface area contributed by atoms with Crippen LogP contribution in [-0.2, 0) is 0 Å². The number of hydrazone groups is 1. The molecule has 0 bridgehead atoms. The number of amidine groups is 1. The van der Waals surface area contributed by atoms with E-state index in [1.165, 1.54) is 18.3 Å². The quantitative estimate of drug-likeness (QED) is 0.347. The van der Waals surface area contributed by atoms with Crippen LogP contribution in [0.3, 0.4) is 0 Å². The number of aliphatic imine (C=N–C) groups is 1. The van der Waals surface area contributed by atoms with Crippen molar-refractivity contribution in [3.8, 4) is 17.2 Å². The van der Waals surface area contributed by atoms with Crippen molar-refractivity contribution in [2.45, 2.75) is 6.92 Å². The summed E-state index contributed by atoms with van der Waals surface area (Å²) in [6.07, 6.45) is 3.10. The molecule has 0 amide bonds. The molecule has 0 aliphatic heterocycles. The first-order valence-electron chi connectivity index (χ1n) is 8.69. The summed E-state index contributed by atoms with van der Waals surface area (Å²) in [5.74, 6) is 1.12. The van der Waals surface area contributed by atoms with E-state index < -0.39 is 0 Å². The van der Waals surface area contributed by atoms with Gasteiger partial charge < -0.3 is 14.9 Å². The highest BCUT2D eigenvalue weighted by molar-refractivity contribution is 5.99. The molecule has 142 valence electrons. The van der Waals surface area contributed by atoms with E-state index in [1.807, 2.05) is 49.4 Å². The molecule has 0 unspecified atom stereocenters. The van der Waals surface area contributed by atoms with E-state index in [9.17, 15) is 10.2 Å². The Morgan fingerprint density at radius 2 is 1.93 bits per heavy atom. The predicted molar refractivity (Wildman–Crippen MR) is 109 cm³/mol. The summed E-state index contributed by atoms with van der Waals surface area (Å²) in [6.45, 7) is 2.53. The number of benzene rings is 2. The van der Waals surface area contributed by atoms with Crippen LogP contribution < -0.4 is 10.2 Å². The average molecular weight is 376 g/mol. The van der Waals surface area contributed by atoms with Gasteiger partial charge in [0, 0.05) is 17.8 Å². The highest BCUT2D eigenvalue weighted by Crippen LogP contribution is 2.21. The van der Waals surface area contributed by atoms with Crippen LogP contribution in [-0.4, -0.2) is 33.9 Å². The summed E-state index contributed by atoms with van der Waals surface area (Å²) < 4.78 is 5.44. The number of ether oxygens (including phenoxy) is 1. The van der Waals surface area contributed by atoms with Crippen molar-refractivity contribution in [2.75, 3.05) is 6.61 Å². The number of phenolic OH excluding ortho intramolecular Hbond substituents is 2. The summed E-state index contributed by atoms with van der Waals surface area (Å²) in [7, 11) is 0. The normalized spacial score (nSPS) is 11.5. The zero-order valence-corrected chi connectivity index (χ0v) is 15.3. The molecule has 0 aliphatic carbocycles. The van der Waals surface area contributed by atoms with Crippen molar-refractivity contribution in [1.82, 2.24) is 10.4 Å². The fourth-order valence-corrected chi connectivity index (χ4v) is 2.36. The minimum absolute atomic E-state index is 0.0196. The minimum atomic E-state index is -0.0756. The summed E-state index contributed by atoms with van der Waals surface area (Å²) >= 11 is 0. The second-order valence-corrected chi connectivity index (χ2v) is 5.72. The number of phenols is 2. The number of rotatable bonds is 6. The molecule has 0 fully saturated rings. The maximum absolute atomic E-state index is 9.85. The Kier molecular flexibility index (Phi) is 6.20. The smallest absolute Gasteiger partial charge is 0.172 e. The van der Waals surface area contributed by atoms with Crippen molar-refractivity contribution in [2.24, 2.45) is 10.1 Å². The van der Waals surface area contributed by atoms with Crippen molar-refractivity contribution < 1.29 is 14.9 Å². The second kappa shape index (κ2) is 9.18. The van der Waals surface area contributed by atoms with Crippen LogP contribution in [0.4, 0.5) is 5.69 Å². The lowest BCUT2D eigenvalue weighted by Gasteiger charge is -2.07. The number of aromatic hydroxyl groups is 2. The molecule has 7 nitrogen and oxygen atoms in total. The van der Waals surface area contributed by atoms with Crippen molar-refractivity contribution in [1.29, 1.82) is 0 Å². The van der Waals surface area contributed by atoms with Gasteiger partial charge in [0.05, 0.1) is 18.5 Å².